The van der Waals surface area contributed by atoms with Gasteiger partial charge in [0, 0.05) is 0 Å². The van der Waals surface area contributed by atoms with E-state index in [1.54, 1.807) is 54.6 Å². The first-order valence-corrected chi connectivity index (χ1v) is 9.08. The van der Waals surface area contributed by atoms with Crippen molar-refractivity contribution in [3.05, 3.63) is 108 Å². The van der Waals surface area contributed by atoms with E-state index in [0.29, 0.717) is 0 Å². The third-order valence-electron chi connectivity index (χ3n) is 4.71. The number of rotatable bonds is 8. The molecule has 7 heteroatoms. The normalized spacial score (nSPS) is 14.5. The molecule has 0 N–H and O–H groups in total. The zero-order valence-electron chi connectivity index (χ0n) is 15.6. The minimum absolute atomic E-state index is 0.272. The highest BCUT2D eigenvalue weighted by Gasteiger charge is 2.57. The van der Waals surface area contributed by atoms with Crippen LogP contribution in [0.25, 0.3) is 0 Å². The Morgan fingerprint density at radius 3 is 1.20 bits per heavy atom. The Morgan fingerprint density at radius 2 is 0.900 bits per heavy atom. The summed E-state index contributed by atoms with van der Waals surface area (Å²) in [6, 6.07) is 23.8. The summed E-state index contributed by atoms with van der Waals surface area (Å²) in [6.45, 7) is 0. The molecule has 0 radical (unpaired) electrons. The quantitative estimate of drug-likeness (QED) is 0.295. The molecule has 2 atom stereocenters. The lowest BCUT2D eigenvalue weighted by atomic mass is 9.80. The van der Waals surface area contributed by atoms with Crippen molar-refractivity contribution >= 4 is 0 Å². The van der Waals surface area contributed by atoms with Gasteiger partial charge in [0.05, 0.1) is 0 Å². The summed E-state index contributed by atoms with van der Waals surface area (Å²) in [5, 5.41) is 0. The Hall–Kier alpha value is -2.80. The van der Waals surface area contributed by atoms with Crippen molar-refractivity contribution in [2.45, 2.75) is 30.5 Å². The summed E-state index contributed by atoms with van der Waals surface area (Å²) in [4.78, 5) is 0. The van der Waals surface area contributed by atoms with Crippen molar-refractivity contribution < 1.29 is 31.1 Å². The fourth-order valence-corrected chi connectivity index (χ4v) is 3.25. The van der Waals surface area contributed by atoms with Gasteiger partial charge in [-0.05, 0) is 16.7 Å². The van der Waals surface area contributed by atoms with Gasteiger partial charge < -0.3 is 4.74 Å². The highest BCUT2D eigenvalue weighted by molar-refractivity contribution is 5.47. The van der Waals surface area contributed by atoms with Gasteiger partial charge in [-0.15, -0.1) is 0 Å². The number of benzene rings is 3. The van der Waals surface area contributed by atoms with Crippen LogP contribution in [-0.4, -0.2) is 24.9 Å². The van der Waals surface area contributed by atoms with E-state index in [0.717, 1.165) is 0 Å². The van der Waals surface area contributed by atoms with Crippen LogP contribution in [0.1, 0.15) is 16.7 Å². The summed E-state index contributed by atoms with van der Waals surface area (Å²) in [6.07, 6.45) is -11.7. The number of alkyl halides is 6. The second-order valence-electron chi connectivity index (χ2n) is 6.62. The van der Waals surface area contributed by atoms with Gasteiger partial charge in [0.1, 0.15) is 5.60 Å². The predicted molar refractivity (Wildman–Crippen MR) is 101 cm³/mol. The molecule has 158 valence electrons. The first-order chi connectivity index (χ1) is 14.3. The smallest absolute Gasteiger partial charge is 0.322 e. The Kier molecular flexibility index (Phi) is 6.51. The van der Waals surface area contributed by atoms with Crippen molar-refractivity contribution in [2.75, 3.05) is 0 Å². The summed E-state index contributed by atoms with van der Waals surface area (Å²) >= 11 is 0. The van der Waals surface area contributed by atoms with E-state index in [1.165, 1.54) is 36.4 Å². The molecule has 0 saturated heterocycles. The minimum Gasteiger partial charge on any atom is -0.322 e. The molecule has 0 amide bonds. The van der Waals surface area contributed by atoms with E-state index < -0.39 is 30.5 Å². The van der Waals surface area contributed by atoms with Crippen molar-refractivity contribution in [1.29, 1.82) is 0 Å². The standard InChI is InChI=1S/C23H18F6O/c24-19(20(25)26)23(28,29)21(27)30-22(16-10-4-1-5-11-16,17-12-6-2-7-13-17)18-14-8-3-9-15-18/h1-15,19-21H. The second-order valence-corrected chi connectivity index (χ2v) is 6.62. The maximum atomic E-state index is 14.8. The molecule has 0 aromatic heterocycles. The first-order valence-electron chi connectivity index (χ1n) is 9.08. The van der Waals surface area contributed by atoms with Gasteiger partial charge in [-0.25, -0.2) is 17.6 Å². The zero-order valence-corrected chi connectivity index (χ0v) is 15.6. The van der Waals surface area contributed by atoms with Gasteiger partial charge in [-0.1, -0.05) is 91.0 Å². The molecule has 0 bridgehead atoms. The number of hydrogen-bond acceptors (Lipinski definition) is 1. The van der Waals surface area contributed by atoms with Crippen molar-refractivity contribution in [1.82, 2.24) is 0 Å². The molecule has 0 aliphatic rings. The van der Waals surface area contributed by atoms with Crippen LogP contribution in [0, 0.1) is 0 Å². The van der Waals surface area contributed by atoms with Gasteiger partial charge in [0.2, 0.25) is 6.17 Å². The van der Waals surface area contributed by atoms with E-state index in [2.05, 4.69) is 0 Å². The van der Waals surface area contributed by atoms with Gasteiger partial charge in [-0.3, -0.25) is 0 Å². The first kappa shape index (κ1) is 21.9. The Balaban J connectivity index is 2.22. The molecule has 0 aliphatic heterocycles. The fourth-order valence-electron chi connectivity index (χ4n) is 3.25. The number of hydrogen-bond donors (Lipinski definition) is 0. The molecule has 0 aliphatic carbocycles. The molecule has 0 heterocycles. The van der Waals surface area contributed by atoms with Gasteiger partial charge in [-0.2, -0.15) is 8.78 Å². The molecule has 0 saturated carbocycles. The monoisotopic (exact) mass is 424 g/mol. The Morgan fingerprint density at radius 1 is 0.567 bits per heavy atom. The van der Waals surface area contributed by atoms with E-state index in [1.807, 2.05) is 0 Å². The lowest BCUT2D eigenvalue weighted by Crippen LogP contribution is -2.49. The number of halogens is 6. The van der Waals surface area contributed by atoms with E-state index in [-0.39, 0.29) is 16.7 Å². The van der Waals surface area contributed by atoms with Crippen molar-refractivity contribution in [2.24, 2.45) is 0 Å². The van der Waals surface area contributed by atoms with E-state index >= 15 is 0 Å². The topological polar surface area (TPSA) is 9.23 Å². The summed E-state index contributed by atoms with van der Waals surface area (Å²) in [5.41, 5.74) is -1.12. The maximum absolute atomic E-state index is 14.8. The molecule has 3 aromatic rings. The number of ether oxygens (including phenoxy) is 1. The Bertz CT molecular complexity index is 822. The maximum Gasteiger partial charge on any atom is 0.338 e. The molecule has 1 nitrogen and oxygen atoms in total. The zero-order chi connectivity index (χ0) is 21.8. The molecular weight excluding hydrogens is 406 g/mol. The van der Waals surface area contributed by atoms with E-state index in [4.69, 9.17) is 4.74 Å². The lowest BCUT2D eigenvalue weighted by molar-refractivity contribution is -0.265. The van der Waals surface area contributed by atoms with Crippen LogP contribution >= 0.6 is 0 Å². The van der Waals surface area contributed by atoms with E-state index in [9.17, 15) is 26.3 Å². The van der Waals surface area contributed by atoms with Crippen LogP contribution in [-0.2, 0) is 10.3 Å². The third-order valence-corrected chi connectivity index (χ3v) is 4.71. The van der Waals surface area contributed by atoms with Crippen LogP contribution in [0.15, 0.2) is 91.0 Å². The van der Waals surface area contributed by atoms with Crippen LogP contribution in [0.3, 0.4) is 0 Å². The van der Waals surface area contributed by atoms with Gasteiger partial charge in [0.25, 0.3) is 12.8 Å². The van der Waals surface area contributed by atoms with Crippen LogP contribution < -0.4 is 0 Å². The van der Waals surface area contributed by atoms with Crippen molar-refractivity contribution in [3.8, 4) is 0 Å². The van der Waals surface area contributed by atoms with Crippen molar-refractivity contribution in [3.63, 3.8) is 0 Å². The average Bonchev–Trinajstić information content (AvgIpc) is 2.78. The largest absolute Gasteiger partial charge is 0.338 e. The molecule has 0 fully saturated rings. The SMILES string of the molecule is FC(F)C(F)C(F)(F)C(F)OC(c1ccccc1)(c1ccccc1)c1ccccc1. The molecule has 3 rings (SSSR count). The van der Waals surface area contributed by atoms with Gasteiger partial charge in [0.15, 0.2) is 0 Å². The highest BCUT2D eigenvalue weighted by atomic mass is 19.3. The predicted octanol–water partition coefficient (Wildman–Crippen LogP) is 6.53. The molecule has 30 heavy (non-hydrogen) atoms. The fraction of sp³-hybridized carbons (Fsp3) is 0.217. The molecule has 2 unspecified atom stereocenters. The second kappa shape index (κ2) is 8.92. The molecular formula is C23H18F6O. The minimum atomic E-state index is -5.07. The lowest BCUT2D eigenvalue weighted by Gasteiger charge is -2.38. The third kappa shape index (κ3) is 4.07. The van der Waals surface area contributed by atoms with Crippen LogP contribution in [0.5, 0.6) is 0 Å². The van der Waals surface area contributed by atoms with Crippen LogP contribution in [0.4, 0.5) is 26.3 Å². The summed E-state index contributed by atoms with van der Waals surface area (Å²) in [7, 11) is 0. The summed E-state index contributed by atoms with van der Waals surface area (Å²) < 4.78 is 87.1. The summed E-state index contributed by atoms with van der Waals surface area (Å²) in [5.74, 6) is -5.07. The van der Waals surface area contributed by atoms with Crippen LogP contribution in [0.2, 0.25) is 0 Å². The molecule has 0 spiro atoms. The molecule has 3 aromatic carbocycles. The average molecular weight is 424 g/mol. The Labute approximate surface area is 169 Å². The highest BCUT2D eigenvalue weighted by Crippen LogP contribution is 2.44. The van der Waals surface area contributed by atoms with Gasteiger partial charge >= 0.3 is 5.92 Å².